The number of amides is 2. The number of carbonyl (C=O) groups is 2. The van der Waals surface area contributed by atoms with E-state index < -0.39 is 19.1 Å². The molecule has 4 aliphatic rings. The third-order valence-electron chi connectivity index (χ3n) is 7.89. The lowest BCUT2D eigenvalue weighted by Crippen LogP contribution is -2.65. The van der Waals surface area contributed by atoms with Crippen LogP contribution in [0.2, 0.25) is 0 Å². The lowest BCUT2D eigenvalue weighted by molar-refractivity contribution is -0.199. The predicted molar refractivity (Wildman–Crippen MR) is 120 cm³/mol. The molecule has 2 bridgehead atoms. The Hall–Kier alpha value is -2.00. The molecule has 2 heterocycles. The molecular weight excluding hydrogens is 407 g/mol. The molecule has 0 aromatic carbocycles. The molecule has 1 aliphatic heterocycles. The second kappa shape index (κ2) is 8.41. The third kappa shape index (κ3) is 4.05. The van der Waals surface area contributed by atoms with Crippen molar-refractivity contribution in [3.63, 3.8) is 0 Å². The molecule has 4 fully saturated rings. The smallest absolute Gasteiger partial charge is 0.404 e. The summed E-state index contributed by atoms with van der Waals surface area (Å²) in [5.41, 5.74) is 0.112. The molecule has 5 rings (SSSR count). The molecule has 174 valence electrons. The molecule has 9 heteroatoms. The molecule has 0 radical (unpaired) electrons. The average molecular weight is 442 g/mol. The van der Waals surface area contributed by atoms with Crippen LogP contribution >= 0.6 is 0 Å². The maximum Gasteiger partial charge on any atom is 0.481 e. The largest absolute Gasteiger partial charge is 0.481 e. The van der Waals surface area contributed by atoms with E-state index >= 15 is 0 Å². The summed E-state index contributed by atoms with van der Waals surface area (Å²) >= 11 is 0. The lowest BCUT2D eigenvalue weighted by Gasteiger charge is -2.64. The number of hydrogen-bond donors (Lipinski definition) is 2. The highest BCUT2D eigenvalue weighted by Crippen LogP contribution is 2.65. The van der Waals surface area contributed by atoms with Crippen molar-refractivity contribution in [1.82, 2.24) is 20.6 Å². The Morgan fingerprint density at radius 1 is 1.19 bits per heavy atom. The van der Waals surface area contributed by atoms with Crippen LogP contribution < -0.4 is 10.6 Å². The van der Waals surface area contributed by atoms with E-state index in [0.29, 0.717) is 17.8 Å². The first kappa shape index (κ1) is 23.2. The van der Waals surface area contributed by atoms with Gasteiger partial charge in [0.25, 0.3) is 5.91 Å². The fourth-order valence-corrected chi connectivity index (χ4v) is 5.88. The van der Waals surface area contributed by atoms with Gasteiger partial charge in [0, 0.05) is 12.4 Å². The van der Waals surface area contributed by atoms with Gasteiger partial charge >= 0.3 is 7.12 Å². The van der Waals surface area contributed by atoms with E-state index in [-0.39, 0.29) is 34.7 Å². The zero-order valence-electron chi connectivity index (χ0n) is 19.9. The summed E-state index contributed by atoms with van der Waals surface area (Å²) < 4.78 is 13.0. The lowest BCUT2D eigenvalue weighted by atomic mass is 9.43. The summed E-state index contributed by atoms with van der Waals surface area (Å²) in [7, 11) is -0.491. The van der Waals surface area contributed by atoms with Crippen LogP contribution in [0.1, 0.15) is 71.3 Å². The molecule has 0 spiro atoms. The summed E-state index contributed by atoms with van der Waals surface area (Å²) in [4.78, 5) is 33.2. The topological polar surface area (TPSA) is 102 Å². The first-order chi connectivity index (χ1) is 15.0. The quantitative estimate of drug-likeness (QED) is 0.629. The van der Waals surface area contributed by atoms with Gasteiger partial charge in [-0.1, -0.05) is 27.7 Å². The molecule has 6 atom stereocenters. The summed E-state index contributed by atoms with van der Waals surface area (Å²) in [5, 5.41) is 5.78. The van der Waals surface area contributed by atoms with Gasteiger partial charge in [-0.05, 0) is 56.3 Å². The summed E-state index contributed by atoms with van der Waals surface area (Å²) in [6, 6.07) is -0.731. The maximum absolute atomic E-state index is 13.0. The Morgan fingerprint density at radius 3 is 2.56 bits per heavy atom. The summed E-state index contributed by atoms with van der Waals surface area (Å²) in [5.74, 6) is 0.477. The van der Waals surface area contributed by atoms with Crippen LogP contribution in [-0.4, -0.2) is 52.6 Å². The molecular formula is C23H35BN4O4. The fraction of sp³-hybridized carbons (Fsp3) is 0.739. The number of aromatic nitrogens is 2. The summed E-state index contributed by atoms with van der Waals surface area (Å²) in [6.45, 7) is 12.7. The van der Waals surface area contributed by atoms with E-state index in [1.165, 1.54) is 25.0 Å². The zero-order chi connectivity index (χ0) is 23.3. The standard InChI is InChI=1S/C23H35BN4O4/c1-13(2)9-19(28-20(29)14(3)27-21(30)16-12-25-7-8-26-16)24-31-18-11-15-10-17(22(15,4)5)23(18,6)32-24/h7-8,12-15,17-19H,9-11H2,1-6H3,(H,27,30)(H,28,29). The first-order valence-corrected chi connectivity index (χ1v) is 11.7. The van der Waals surface area contributed by atoms with Gasteiger partial charge in [-0.15, -0.1) is 0 Å². The van der Waals surface area contributed by atoms with Gasteiger partial charge < -0.3 is 19.9 Å². The molecule has 1 aromatic rings. The maximum atomic E-state index is 13.0. The molecule has 3 saturated carbocycles. The average Bonchev–Trinajstić information content (AvgIpc) is 3.10. The SMILES string of the molecule is CC(C)CC(NC(=O)C(C)NC(=O)c1cnccn1)B1OC2CC3CC(C3(C)C)C2(C)O1. The molecule has 1 saturated heterocycles. The molecule has 2 amide bonds. The van der Waals surface area contributed by atoms with E-state index in [4.69, 9.17) is 9.31 Å². The minimum Gasteiger partial charge on any atom is -0.404 e. The van der Waals surface area contributed by atoms with Crippen LogP contribution in [0.4, 0.5) is 0 Å². The number of carbonyl (C=O) groups excluding carboxylic acids is 2. The molecule has 2 N–H and O–H groups in total. The van der Waals surface area contributed by atoms with Gasteiger partial charge in [-0.25, -0.2) is 4.98 Å². The van der Waals surface area contributed by atoms with Crippen LogP contribution in [0.5, 0.6) is 0 Å². The van der Waals surface area contributed by atoms with E-state index in [9.17, 15) is 9.59 Å². The van der Waals surface area contributed by atoms with Crippen LogP contribution in [0.25, 0.3) is 0 Å². The van der Waals surface area contributed by atoms with E-state index in [1.807, 2.05) is 0 Å². The number of nitrogens with zero attached hydrogens (tertiary/aromatic N) is 2. The van der Waals surface area contributed by atoms with E-state index in [1.54, 1.807) is 6.92 Å². The Balaban J connectivity index is 1.42. The van der Waals surface area contributed by atoms with Crippen LogP contribution in [-0.2, 0) is 14.1 Å². The first-order valence-electron chi connectivity index (χ1n) is 11.7. The van der Waals surface area contributed by atoms with E-state index in [2.05, 4.69) is 55.2 Å². The third-order valence-corrected chi connectivity index (χ3v) is 7.89. The molecule has 32 heavy (non-hydrogen) atoms. The van der Waals surface area contributed by atoms with Crippen molar-refractivity contribution in [3.05, 3.63) is 24.3 Å². The van der Waals surface area contributed by atoms with Gasteiger partial charge in [0.05, 0.1) is 23.8 Å². The van der Waals surface area contributed by atoms with Crippen molar-refractivity contribution in [2.24, 2.45) is 23.2 Å². The van der Waals surface area contributed by atoms with Crippen molar-refractivity contribution in [3.8, 4) is 0 Å². The Labute approximate surface area is 190 Å². The Morgan fingerprint density at radius 2 is 1.94 bits per heavy atom. The van der Waals surface area contributed by atoms with Gasteiger partial charge in [0.1, 0.15) is 11.7 Å². The summed E-state index contributed by atoms with van der Waals surface area (Å²) in [6.07, 6.45) is 7.28. The highest BCUT2D eigenvalue weighted by molar-refractivity contribution is 6.47. The van der Waals surface area contributed by atoms with Crippen LogP contribution in [0.3, 0.4) is 0 Å². The number of rotatable bonds is 7. The van der Waals surface area contributed by atoms with Gasteiger partial charge in [-0.3, -0.25) is 14.6 Å². The number of nitrogens with one attached hydrogen (secondary N) is 2. The molecule has 1 aromatic heterocycles. The molecule has 8 nitrogen and oxygen atoms in total. The van der Waals surface area contributed by atoms with Crippen molar-refractivity contribution in [1.29, 1.82) is 0 Å². The second-order valence-corrected chi connectivity index (χ2v) is 10.9. The van der Waals surface area contributed by atoms with Crippen molar-refractivity contribution < 1.29 is 18.9 Å². The van der Waals surface area contributed by atoms with Crippen molar-refractivity contribution in [2.75, 3.05) is 0 Å². The van der Waals surface area contributed by atoms with Crippen LogP contribution in [0, 0.1) is 23.2 Å². The van der Waals surface area contributed by atoms with Gasteiger partial charge in [-0.2, -0.15) is 0 Å². The Bertz CT molecular complexity index is 867. The number of hydrogen-bond acceptors (Lipinski definition) is 6. The molecule has 3 aliphatic carbocycles. The second-order valence-electron chi connectivity index (χ2n) is 10.9. The minimum atomic E-state index is -0.731. The Kier molecular flexibility index (Phi) is 6.09. The molecule has 6 unspecified atom stereocenters. The highest BCUT2D eigenvalue weighted by atomic mass is 16.7. The van der Waals surface area contributed by atoms with Crippen molar-refractivity contribution in [2.45, 2.75) is 84.5 Å². The van der Waals surface area contributed by atoms with Gasteiger partial charge in [0.2, 0.25) is 5.91 Å². The highest BCUT2D eigenvalue weighted by Gasteiger charge is 2.68. The zero-order valence-corrected chi connectivity index (χ0v) is 19.9. The van der Waals surface area contributed by atoms with Crippen molar-refractivity contribution >= 4 is 18.9 Å². The predicted octanol–water partition coefficient (Wildman–Crippen LogP) is 2.39. The van der Waals surface area contributed by atoms with Crippen LogP contribution in [0.15, 0.2) is 18.6 Å². The van der Waals surface area contributed by atoms with E-state index in [0.717, 1.165) is 12.8 Å². The monoisotopic (exact) mass is 442 g/mol. The normalized spacial score (nSPS) is 32.0. The fourth-order valence-electron chi connectivity index (χ4n) is 5.88. The van der Waals surface area contributed by atoms with Gasteiger partial charge in [0.15, 0.2) is 0 Å². The minimum absolute atomic E-state index is 0.0598.